The van der Waals surface area contributed by atoms with Gasteiger partial charge in [0.2, 0.25) is 0 Å². The molecule has 0 amide bonds. The molecular weight excluding hydrogens is 301 g/mol. The molecule has 0 aliphatic carbocycles. The number of anilines is 1. The summed E-state index contributed by atoms with van der Waals surface area (Å²) in [5, 5.41) is 7.10. The molecule has 0 spiro atoms. The van der Waals surface area contributed by atoms with E-state index in [4.69, 9.17) is 11.6 Å². The first kappa shape index (κ1) is 14.9. The van der Waals surface area contributed by atoms with Crippen molar-refractivity contribution in [1.29, 1.82) is 0 Å². The third-order valence-electron chi connectivity index (χ3n) is 3.71. The summed E-state index contributed by atoms with van der Waals surface area (Å²) in [6.45, 7) is 3.40. The standard InChI is InChI=1S/C17H17ClFN3/c18-15-5-7-16(8-6-15)21-9-11-22(12-10-21)20-13-14-3-1-2-4-17(14)19/h1-8,13H,9-12H2/b20-13-. The van der Waals surface area contributed by atoms with Gasteiger partial charge >= 0.3 is 0 Å². The fraction of sp³-hybridized carbons (Fsp3) is 0.235. The molecule has 2 aromatic rings. The van der Waals surface area contributed by atoms with Gasteiger partial charge in [-0.15, -0.1) is 0 Å². The maximum absolute atomic E-state index is 13.5. The van der Waals surface area contributed by atoms with Crippen LogP contribution in [-0.4, -0.2) is 37.4 Å². The van der Waals surface area contributed by atoms with Gasteiger partial charge in [0.15, 0.2) is 0 Å². The number of hydrogen-bond acceptors (Lipinski definition) is 3. The fourth-order valence-corrected chi connectivity index (χ4v) is 2.57. The third kappa shape index (κ3) is 3.57. The lowest BCUT2D eigenvalue weighted by molar-refractivity contribution is 0.272. The molecule has 0 radical (unpaired) electrons. The predicted molar refractivity (Wildman–Crippen MR) is 89.2 cm³/mol. The number of hydrogen-bond donors (Lipinski definition) is 0. The predicted octanol–water partition coefficient (Wildman–Crippen LogP) is 3.64. The summed E-state index contributed by atoms with van der Waals surface area (Å²) in [5.41, 5.74) is 1.68. The zero-order chi connectivity index (χ0) is 15.4. The Morgan fingerprint density at radius 3 is 2.32 bits per heavy atom. The number of benzene rings is 2. The highest BCUT2D eigenvalue weighted by molar-refractivity contribution is 6.30. The number of nitrogens with zero attached hydrogens (tertiary/aromatic N) is 3. The van der Waals surface area contributed by atoms with Crippen LogP contribution >= 0.6 is 11.6 Å². The number of rotatable bonds is 3. The first-order valence-corrected chi connectivity index (χ1v) is 7.64. The van der Waals surface area contributed by atoms with E-state index in [9.17, 15) is 4.39 Å². The van der Waals surface area contributed by atoms with Gasteiger partial charge in [0.05, 0.1) is 19.3 Å². The molecule has 1 fully saturated rings. The quantitative estimate of drug-likeness (QED) is 0.805. The van der Waals surface area contributed by atoms with Crippen LogP contribution in [0.25, 0.3) is 0 Å². The van der Waals surface area contributed by atoms with Crippen molar-refractivity contribution in [3.8, 4) is 0 Å². The number of hydrazone groups is 1. The minimum atomic E-state index is -0.244. The molecule has 2 aromatic carbocycles. The average molecular weight is 318 g/mol. The first-order chi connectivity index (χ1) is 10.7. The van der Waals surface area contributed by atoms with Crippen LogP contribution in [0.5, 0.6) is 0 Å². The Hall–Kier alpha value is -2.07. The summed E-state index contributed by atoms with van der Waals surface area (Å²) in [6.07, 6.45) is 1.59. The highest BCUT2D eigenvalue weighted by atomic mass is 35.5. The Kier molecular flexibility index (Phi) is 4.59. The van der Waals surface area contributed by atoms with Crippen LogP contribution in [0.15, 0.2) is 53.6 Å². The normalized spacial score (nSPS) is 15.5. The molecule has 0 N–H and O–H groups in total. The van der Waals surface area contributed by atoms with E-state index in [0.717, 1.165) is 31.2 Å². The summed E-state index contributed by atoms with van der Waals surface area (Å²) in [7, 11) is 0. The highest BCUT2D eigenvalue weighted by Crippen LogP contribution is 2.19. The van der Waals surface area contributed by atoms with Gasteiger partial charge in [0.1, 0.15) is 5.82 Å². The van der Waals surface area contributed by atoms with Gasteiger partial charge in [0, 0.05) is 29.4 Å². The van der Waals surface area contributed by atoms with Gasteiger partial charge in [-0.1, -0.05) is 29.8 Å². The van der Waals surface area contributed by atoms with Crippen LogP contribution < -0.4 is 4.90 Å². The van der Waals surface area contributed by atoms with Crippen molar-refractivity contribution in [2.45, 2.75) is 0 Å². The zero-order valence-electron chi connectivity index (χ0n) is 12.1. The van der Waals surface area contributed by atoms with Gasteiger partial charge in [-0.2, -0.15) is 5.10 Å². The summed E-state index contributed by atoms with van der Waals surface area (Å²) in [5.74, 6) is -0.244. The smallest absolute Gasteiger partial charge is 0.132 e. The highest BCUT2D eigenvalue weighted by Gasteiger charge is 2.15. The molecular formula is C17H17ClFN3. The minimum Gasteiger partial charge on any atom is -0.368 e. The van der Waals surface area contributed by atoms with E-state index in [1.165, 1.54) is 11.8 Å². The van der Waals surface area contributed by atoms with E-state index in [0.29, 0.717) is 5.56 Å². The Morgan fingerprint density at radius 1 is 0.955 bits per heavy atom. The van der Waals surface area contributed by atoms with E-state index in [1.807, 2.05) is 35.3 Å². The van der Waals surface area contributed by atoms with E-state index in [-0.39, 0.29) is 5.82 Å². The van der Waals surface area contributed by atoms with Gasteiger partial charge in [-0.3, -0.25) is 5.01 Å². The van der Waals surface area contributed by atoms with Crippen LogP contribution in [0.2, 0.25) is 5.02 Å². The molecule has 114 valence electrons. The Labute approximate surface area is 134 Å². The van der Waals surface area contributed by atoms with Crippen molar-refractivity contribution in [1.82, 2.24) is 5.01 Å². The Bertz CT molecular complexity index is 649. The lowest BCUT2D eigenvalue weighted by atomic mass is 10.2. The molecule has 3 nitrogen and oxygen atoms in total. The third-order valence-corrected chi connectivity index (χ3v) is 3.97. The Morgan fingerprint density at radius 2 is 1.64 bits per heavy atom. The molecule has 0 bridgehead atoms. The van der Waals surface area contributed by atoms with E-state index in [2.05, 4.69) is 10.0 Å². The molecule has 1 heterocycles. The van der Waals surface area contributed by atoms with Crippen molar-refractivity contribution in [2.24, 2.45) is 5.10 Å². The molecule has 1 saturated heterocycles. The SMILES string of the molecule is Fc1ccccc1/C=N\N1CCN(c2ccc(Cl)cc2)CC1. The molecule has 0 saturated carbocycles. The minimum absolute atomic E-state index is 0.244. The summed E-state index contributed by atoms with van der Waals surface area (Å²) < 4.78 is 13.5. The maximum atomic E-state index is 13.5. The largest absolute Gasteiger partial charge is 0.368 e. The molecule has 0 aromatic heterocycles. The van der Waals surface area contributed by atoms with E-state index < -0.39 is 0 Å². The molecule has 22 heavy (non-hydrogen) atoms. The molecule has 1 aliphatic rings. The van der Waals surface area contributed by atoms with Crippen LogP contribution in [0.3, 0.4) is 0 Å². The topological polar surface area (TPSA) is 18.8 Å². The molecule has 3 rings (SSSR count). The monoisotopic (exact) mass is 317 g/mol. The summed E-state index contributed by atoms with van der Waals surface area (Å²) in [6, 6.07) is 14.5. The summed E-state index contributed by atoms with van der Waals surface area (Å²) >= 11 is 5.91. The van der Waals surface area contributed by atoms with Crippen molar-refractivity contribution in [3.05, 3.63) is 64.9 Å². The second-order valence-electron chi connectivity index (χ2n) is 5.18. The van der Waals surface area contributed by atoms with Gasteiger partial charge in [-0.25, -0.2) is 4.39 Å². The van der Waals surface area contributed by atoms with Crippen molar-refractivity contribution in [3.63, 3.8) is 0 Å². The zero-order valence-corrected chi connectivity index (χ0v) is 12.9. The number of halogens is 2. The molecule has 0 atom stereocenters. The summed E-state index contributed by atoms with van der Waals surface area (Å²) in [4.78, 5) is 2.30. The second-order valence-corrected chi connectivity index (χ2v) is 5.62. The maximum Gasteiger partial charge on any atom is 0.132 e. The van der Waals surface area contributed by atoms with Gasteiger partial charge < -0.3 is 4.90 Å². The fourth-order valence-electron chi connectivity index (χ4n) is 2.45. The van der Waals surface area contributed by atoms with Crippen LogP contribution in [0.4, 0.5) is 10.1 Å². The molecule has 1 aliphatic heterocycles. The number of piperazine rings is 1. The lowest BCUT2D eigenvalue weighted by Gasteiger charge is -2.34. The first-order valence-electron chi connectivity index (χ1n) is 7.26. The van der Waals surface area contributed by atoms with Gasteiger partial charge in [-0.05, 0) is 30.3 Å². The average Bonchev–Trinajstić information content (AvgIpc) is 2.55. The van der Waals surface area contributed by atoms with E-state index >= 15 is 0 Å². The van der Waals surface area contributed by atoms with Gasteiger partial charge in [0.25, 0.3) is 0 Å². The van der Waals surface area contributed by atoms with Crippen molar-refractivity contribution < 1.29 is 4.39 Å². The lowest BCUT2D eigenvalue weighted by Crippen LogP contribution is -2.44. The molecule has 5 heteroatoms. The van der Waals surface area contributed by atoms with Crippen LogP contribution in [0, 0.1) is 5.82 Å². The molecule has 0 unspecified atom stereocenters. The second kappa shape index (κ2) is 6.79. The van der Waals surface area contributed by atoms with E-state index in [1.54, 1.807) is 18.3 Å². The van der Waals surface area contributed by atoms with Crippen molar-refractivity contribution in [2.75, 3.05) is 31.1 Å². The van der Waals surface area contributed by atoms with Crippen molar-refractivity contribution >= 4 is 23.5 Å². The van der Waals surface area contributed by atoms with Crippen LogP contribution in [-0.2, 0) is 0 Å². The van der Waals surface area contributed by atoms with Crippen LogP contribution in [0.1, 0.15) is 5.56 Å². The Balaban J connectivity index is 1.58.